The van der Waals surface area contributed by atoms with Crippen molar-refractivity contribution in [3.8, 4) is 0 Å². The van der Waals surface area contributed by atoms with Gasteiger partial charge in [0.25, 0.3) is 0 Å². The van der Waals surface area contributed by atoms with Gasteiger partial charge in [0.1, 0.15) is 0 Å². The molecule has 2 rings (SSSR count). The Balaban J connectivity index is 1.71. The lowest BCUT2D eigenvalue weighted by molar-refractivity contribution is -0.0121. The van der Waals surface area contributed by atoms with Gasteiger partial charge in [0.05, 0.1) is 17.6 Å². The Kier molecular flexibility index (Phi) is 3.87. The molecular weight excluding hydrogens is 226 g/mol. The molecule has 1 saturated carbocycles. The van der Waals surface area contributed by atoms with E-state index >= 15 is 0 Å². The summed E-state index contributed by atoms with van der Waals surface area (Å²) in [7, 11) is -2.78. The van der Waals surface area contributed by atoms with Crippen molar-refractivity contribution >= 4 is 9.84 Å². The third-order valence-corrected chi connectivity index (χ3v) is 5.25. The Labute approximate surface area is 97.7 Å². The summed E-state index contributed by atoms with van der Waals surface area (Å²) in [6.45, 7) is 2.78. The van der Waals surface area contributed by atoms with Crippen LogP contribution in [0.1, 0.15) is 32.6 Å². The van der Waals surface area contributed by atoms with Gasteiger partial charge in [0.15, 0.2) is 9.84 Å². The molecule has 0 spiro atoms. The molecular formula is C11H21NO3S. The summed E-state index contributed by atoms with van der Waals surface area (Å²) in [6.07, 6.45) is 4.26. The Morgan fingerprint density at radius 2 is 2.06 bits per heavy atom. The van der Waals surface area contributed by atoms with E-state index in [1.165, 1.54) is 0 Å². The van der Waals surface area contributed by atoms with Crippen molar-refractivity contribution < 1.29 is 13.2 Å². The maximum absolute atomic E-state index is 11.5. The molecule has 1 heterocycles. The first-order valence-corrected chi connectivity index (χ1v) is 7.99. The molecule has 2 fully saturated rings. The van der Waals surface area contributed by atoms with E-state index in [4.69, 9.17) is 4.74 Å². The van der Waals surface area contributed by atoms with Crippen LogP contribution >= 0.6 is 0 Å². The highest BCUT2D eigenvalue weighted by molar-refractivity contribution is 7.91. The summed E-state index contributed by atoms with van der Waals surface area (Å²) in [5.41, 5.74) is 0. The van der Waals surface area contributed by atoms with Gasteiger partial charge >= 0.3 is 0 Å². The first-order valence-electron chi connectivity index (χ1n) is 6.17. The smallest absolute Gasteiger partial charge is 0.151 e. The van der Waals surface area contributed by atoms with E-state index in [1.54, 1.807) is 0 Å². The van der Waals surface area contributed by atoms with Crippen LogP contribution < -0.4 is 5.32 Å². The standard InChI is InChI=1S/C11H21NO3S/c1-2-15-11-6-10(7-11)12-9-4-3-5-16(13,14)8-9/h9-12H,2-8H2,1H3. The van der Waals surface area contributed by atoms with E-state index in [2.05, 4.69) is 5.32 Å². The topological polar surface area (TPSA) is 55.4 Å². The highest BCUT2D eigenvalue weighted by Crippen LogP contribution is 2.25. The van der Waals surface area contributed by atoms with Crippen molar-refractivity contribution in [3.05, 3.63) is 0 Å². The quantitative estimate of drug-likeness (QED) is 0.795. The Morgan fingerprint density at radius 1 is 1.31 bits per heavy atom. The predicted molar refractivity (Wildman–Crippen MR) is 63.2 cm³/mol. The van der Waals surface area contributed by atoms with Gasteiger partial charge in [-0.05, 0) is 32.6 Å². The predicted octanol–water partition coefficient (Wildman–Crippen LogP) is 0.721. The average molecular weight is 247 g/mol. The molecule has 0 radical (unpaired) electrons. The molecule has 0 aromatic rings. The van der Waals surface area contributed by atoms with Crippen molar-refractivity contribution in [2.24, 2.45) is 0 Å². The Hall–Kier alpha value is -0.130. The molecule has 1 atom stereocenters. The zero-order valence-corrected chi connectivity index (χ0v) is 10.6. The lowest BCUT2D eigenvalue weighted by atomic mass is 9.88. The fourth-order valence-electron chi connectivity index (χ4n) is 2.56. The zero-order valence-electron chi connectivity index (χ0n) is 9.81. The number of hydrogen-bond donors (Lipinski definition) is 1. The molecule has 1 N–H and O–H groups in total. The summed E-state index contributed by atoms with van der Waals surface area (Å²) < 4.78 is 28.4. The number of sulfone groups is 1. The van der Waals surface area contributed by atoms with Gasteiger partial charge in [-0.15, -0.1) is 0 Å². The minimum atomic E-state index is -2.78. The molecule has 4 nitrogen and oxygen atoms in total. The van der Waals surface area contributed by atoms with Crippen molar-refractivity contribution in [1.29, 1.82) is 0 Å². The highest BCUT2D eigenvalue weighted by atomic mass is 32.2. The van der Waals surface area contributed by atoms with Crippen molar-refractivity contribution in [3.63, 3.8) is 0 Å². The molecule has 94 valence electrons. The molecule has 1 saturated heterocycles. The van der Waals surface area contributed by atoms with Crippen molar-refractivity contribution in [2.45, 2.75) is 50.8 Å². The second kappa shape index (κ2) is 5.02. The average Bonchev–Trinajstić information content (AvgIpc) is 2.13. The van der Waals surface area contributed by atoms with Crippen LogP contribution in [0, 0.1) is 0 Å². The SMILES string of the molecule is CCOC1CC(NC2CCCS(=O)(=O)C2)C1. The van der Waals surface area contributed by atoms with Gasteiger partial charge in [-0.25, -0.2) is 8.42 Å². The van der Waals surface area contributed by atoms with Gasteiger partial charge in [-0.3, -0.25) is 0 Å². The molecule has 2 aliphatic rings. The Morgan fingerprint density at radius 3 is 2.69 bits per heavy atom. The van der Waals surface area contributed by atoms with Gasteiger partial charge < -0.3 is 10.1 Å². The van der Waals surface area contributed by atoms with Gasteiger partial charge in [0, 0.05) is 18.7 Å². The molecule has 0 aromatic heterocycles. The highest BCUT2D eigenvalue weighted by Gasteiger charge is 2.33. The van der Waals surface area contributed by atoms with E-state index < -0.39 is 9.84 Å². The van der Waals surface area contributed by atoms with Gasteiger partial charge in [-0.2, -0.15) is 0 Å². The van der Waals surface area contributed by atoms with Crippen LogP contribution in [-0.4, -0.2) is 44.7 Å². The molecule has 0 aromatic carbocycles. The van der Waals surface area contributed by atoms with Crippen LogP contribution in [0.15, 0.2) is 0 Å². The summed E-state index contributed by atoms with van der Waals surface area (Å²) in [6, 6.07) is 0.640. The van der Waals surface area contributed by atoms with Crippen molar-refractivity contribution in [2.75, 3.05) is 18.1 Å². The lowest BCUT2D eigenvalue weighted by Gasteiger charge is -2.38. The van der Waals surface area contributed by atoms with E-state index in [0.29, 0.717) is 23.7 Å². The maximum atomic E-state index is 11.5. The van der Waals surface area contributed by atoms with Crippen LogP contribution in [0.4, 0.5) is 0 Å². The van der Waals surface area contributed by atoms with E-state index in [9.17, 15) is 8.42 Å². The number of rotatable bonds is 4. The van der Waals surface area contributed by atoms with Crippen LogP contribution in [0.3, 0.4) is 0 Å². The van der Waals surface area contributed by atoms with E-state index in [0.717, 1.165) is 32.3 Å². The lowest BCUT2D eigenvalue weighted by Crippen LogP contribution is -2.52. The molecule has 0 bridgehead atoms. The number of hydrogen-bond acceptors (Lipinski definition) is 4. The first kappa shape index (κ1) is 12.3. The third kappa shape index (κ3) is 3.18. The summed E-state index contributed by atoms with van der Waals surface area (Å²) >= 11 is 0. The molecule has 0 amide bonds. The largest absolute Gasteiger partial charge is 0.378 e. The fraction of sp³-hybridized carbons (Fsp3) is 1.00. The van der Waals surface area contributed by atoms with Crippen LogP contribution in [-0.2, 0) is 14.6 Å². The van der Waals surface area contributed by atoms with Crippen LogP contribution in [0.2, 0.25) is 0 Å². The minimum absolute atomic E-state index is 0.173. The maximum Gasteiger partial charge on any atom is 0.151 e. The molecule has 16 heavy (non-hydrogen) atoms. The summed E-state index contributed by atoms with van der Waals surface area (Å²) in [4.78, 5) is 0. The molecule has 1 aliphatic heterocycles. The Bertz CT molecular complexity index is 322. The van der Waals surface area contributed by atoms with E-state index in [-0.39, 0.29) is 6.04 Å². The molecule has 1 aliphatic carbocycles. The number of nitrogens with one attached hydrogen (secondary N) is 1. The van der Waals surface area contributed by atoms with Gasteiger partial charge in [-0.1, -0.05) is 0 Å². The second-order valence-electron chi connectivity index (χ2n) is 4.87. The third-order valence-electron chi connectivity index (χ3n) is 3.43. The molecule has 5 heteroatoms. The van der Waals surface area contributed by atoms with Crippen LogP contribution in [0.25, 0.3) is 0 Å². The zero-order chi connectivity index (χ0) is 11.6. The first-order chi connectivity index (χ1) is 7.59. The normalized spacial score (nSPS) is 37.9. The second-order valence-corrected chi connectivity index (χ2v) is 7.09. The summed E-state index contributed by atoms with van der Waals surface area (Å²) in [5.74, 6) is 0.695. The number of ether oxygens (including phenoxy) is 1. The van der Waals surface area contributed by atoms with E-state index in [1.807, 2.05) is 6.92 Å². The minimum Gasteiger partial charge on any atom is -0.378 e. The van der Waals surface area contributed by atoms with Gasteiger partial charge in [0.2, 0.25) is 0 Å². The fourth-order valence-corrected chi connectivity index (χ4v) is 4.21. The molecule has 1 unspecified atom stereocenters. The monoisotopic (exact) mass is 247 g/mol. The summed E-state index contributed by atoms with van der Waals surface area (Å²) in [5, 5.41) is 3.44. The van der Waals surface area contributed by atoms with Crippen molar-refractivity contribution in [1.82, 2.24) is 5.32 Å². The van der Waals surface area contributed by atoms with Crippen LogP contribution in [0.5, 0.6) is 0 Å².